The summed E-state index contributed by atoms with van der Waals surface area (Å²) in [5, 5.41) is 30.3. The van der Waals surface area contributed by atoms with Crippen molar-refractivity contribution in [2.45, 2.75) is 134 Å². The Bertz CT molecular complexity index is 1150. The van der Waals surface area contributed by atoms with Crippen LogP contribution in [0.1, 0.15) is 120 Å². The van der Waals surface area contributed by atoms with Crippen LogP contribution in [0.5, 0.6) is 5.75 Å². The number of aliphatic carboxylic acids is 1. The van der Waals surface area contributed by atoms with Gasteiger partial charge in [-0.2, -0.15) is 22.0 Å². The maximum absolute atomic E-state index is 13.1. The molecule has 0 saturated heterocycles. The van der Waals surface area contributed by atoms with E-state index < -0.39 is 42.9 Å². The van der Waals surface area contributed by atoms with Gasteiger partial charge in [0.2, 0.25) is 0 Å². The van der Waals surface area contributed by atoms with Gasteiger partial charge in [-0.05, 0) is 109 Å². The minimum absolute atomic E-state index is 0.0267. The molecular weight excluding hydrogens is 579 g/mol. The molecule has 0 aliphatic heterocycles. The quantitative estimate of drug-likeness (QED) is 0.103. The molecule has 3 N–H and O–H groups in total. The second kappa shape index (κ2) is 14.1. The Morgan fingerprint density at radius 2 is 1.66 bits per heavy atom. The van der Waals surface area contributed by atoms with Gasteiger partial charge in [0.1, 0.15) is 5.75 Å². The highest BCUT2D eigenvalue weighted by Crippen LogP contribution is 2.64. The third-order valence-corrected chi connectivity index (χ3v) is 11.3. The third-order valence-electron chi connectivity index (χ3n) is 11.3. The van der Waals surface area contributed by atoms with Crippen LogP contribution in [0.25, 0.3) is 0 Å². The number of carboxylic acids is 1. The number of carboxylic acid groups (broad SMARTS) is 1. The number of hydrogen-bond donors (Lipinski definition) is 3. The summed E-state index contributed by atoms with van der Waals surface area (Å²) in [7, 11) is 0. The molecule has 0 amide bonds. The predicted molar refractivity (Wildman–Crippen MR) is 160 cm³/mol. The zero-order valence-corrected chi connectivity index (χ0v) is 25.9. The van der Waals surface area contributed by atoms with E-state index in [0.29, 0.717) is 35.8 Å². The fraction of sp³-hybridized carbons (Fsp3) is 0.743. The number of phenols is 1. The lowest BCUT2D eigenvalue weighted by molar-refractivity contribution is -0.284. The molecule has 9 heteroatoms. The zero-order valence-electron chi connectivity index (χ0n) is 25.9. The number of hydrogen-bond acceptors (Lipinski definition) is 3. The van der Waals surface area contributed by atoms with Crippen molar-refractivity contribution in [2.24, 2.45) is 29.1 Å². The standard InChI is InChI=1S/C35H49F5O4/c1-22-30(42)21-29-31-24(19-25-20-26(41)14-15-27(25)28(31)16-18-33(22,29)2)12-9-7-5-3-4-6-8-11-23(32(43)44)13-10-17-34(36,37)35(38,39)40/h14-15,20,23-24,28-31,41-42H,1,3-13,16-19,21H2,2H3,(H,43,44)/t23?,24-,28?,29?,30-,31?,33-/m1/s1. The third kappa shape index (κ3) is 7.61. The first-order chi connectivity index (χ1) is 20.7. The van der Waals surface area contributed by atoms with Crippen LogP contribution in [0, 0.1) is 29.1 Å². The molecule has 4 unspecified atom stereocenters. The minimum atomic E-state index is -5.60. The van der Waals surface area contributed by atoms with Gasteiger partial charge in [0.25, 0.3) is 0 Å². The van der Waals surface area contributed by atoms with E-state index in [2.05, 4.69) is 19.6 Å². The van der Waals surface area contributed by atoms with E-state index in [9.17, 15) is 42.1 Å². The summed E-state index contributed by atoms with van der Waals surface area (Å²) in [4.78, 5) is 11.5. The van der Waals surface area contributed by atoms with E-state index in [-0.39, 0.29) is 18.3 Å². The summed E-state index contributed by atoms with van der Waals surface area (Å²) in [5.41, 5.74) is 3.59. The number of unbranched alkanes of at least 4 members (excludes halogenated alkanes) is 6. The first-order valence-electron chi connectivity index (χ1n) is 16.5. The number of halogens is 5. The van der Waals surface area contributed by atoms with Gasteiger partial charge in [0.05, 0.1) is 12.0 Å². The van der Waals surface area contributed by atoms with Gasteiger partial charge >= 0.3 is 18.1 Å². The smallest absolute Gasteiger partial charge is 0.453 e. The maximum atomic E-state index is 13.1. The molecule has 3 aliphatic carbocycles. The molecule has 4 rings (SSSR count). The Morgan fingerprint density at radius 1 is 1.02 bits per heavy atom. The number of fused-ring (bicyclic) bond motifs is 5. The number of phenolic OH excluding ortho intramolecular Hbond substituents is 1. The second-order valence-electron chi connectivity index (χ2n) is 14.1. The average molecular weight is 629 g/mol. The highest BCUT2D eigenvalue weighted by atomic mass is 19.4. The van der Waals surface area contributed by atoms with Crippen molar-refractivity contribution in [1.82, 2.24) is 0 Å². The van der Waals surface area contributed by atoms with Crippen LogP contribution in [0.2, 0.25) is 0 Å². The van der Waals surface area contributed by atoms with Crippen LogP contribution in [0.3, 0.4) is 0 Å². The molecule has 0 heterocycles. The van der Waals surface area contributed by atoms with Crippen LogP contribution in [0.4, 0.5) is 22.0 Å². The average Bonchev–Trinajstić information content (AvgIpc) is 3.17. The number of benzene rings is 1. The van der Waals surface area contributed by atoms with Gasteiger partial charge in [-0.3, -0.25) is 4.79 Å². The van der Waals surface area contributed by atoms with E-state index in [4.69, 9.17) is 0 Å². The largest absolute Gasteiger partial charge is 0.508 e. The molecule has 2 fully saturated rings. The molecule has 44 heavy (non-hydrogen) atoms. The molecule has 0 spiro atoms. The SMILES string of the molecule is C=C1[C@H](O)CC2C3C(CC[C@]12C)c1ccc(O)cc1C[C@H]3CCCCCCCCCC(CCCC(F)(F)C(F)(F)F)C(=O)O. The minimum Gasteiger partial charge on any atom is -0.508 e. The molecule has 2 saturated carbocycles. The summed E-state index contributed by atoms with van der Waals surface area (Å²) in [6, 6.07) is 5.84. The van der Waals surface area contributed by atoms with E-state index in [1.54, 1.807) is 6.07 Å². The van der Waals surface area contributed by atoms with Crippen molar-refractivity contribution in [3.8, 4) is 5.75 Å². The van der Waals surface area contributed by atoms with Gasteiger partial charge in [-0.15, -0.1) is 0 Å². The van der Waals surface area contributed by atoms with Crippen LogP contribution >= 0.6 is 0 Å². The topological polar surface area (TPSA) is 77.8 Å². The first-order valence-corrected chi connectivity index (χ1v) is 16.5. The summed E-state index contributed by atoms with van der Waals surface area (Å²) in [5.74, 6) is -4.69. The van der Waals surface area contributed by atoms with Crippen molar-refractivity contribution in [2.75, 3.05) is 0 Å². The van der Waals surface area contributed by atoms with Gasteiger partial charge in [0, 0.05) is 6.42 Å². The normalized spacial score (nSPS) is 29.2. The number of alkyl halides is 5. The molecule has 0 aromatic heterocycles. The number of aliphatic hydroxyl groups excluding tert-OH is 1. The summed E-state index contributed by atoms with van der Waals surface area (Å²) in [6.45, 7) is 6.59. The lowest BCUT2D eigenvalue weighted by Gasteiger charge is -2.52. The van der Waals surface area contributed by atoms with Crippen molar-refractivity contribution >= 4 is 5.97 Å². The van der Waals surface area contributed by atoms with E-state index in [1.165, 1.54) is 11.1 Å². The van der Waals surface area contributed by atoms with E-state index in [1.807, 2.05) is 6.07 Å². The van der Waals surface area contributed by atoms with Crippen molar-refractivity contribution in [1.29, 1.82) is 0 Å². The van der Waals surface area contributed by atoms with Gasteiger partial charge in [-0.25, -0.2) is 0 Å². The highest BCUT2D eigenvalue weighted by Gasteiger charge is 2.57. The highest BCUT2D eigenvalue weighted by molar-refractivity contribution is 5.69. The molecule has 1 aromatic carbocycles. The zero-order chi connectivity index (χ0) is 32.3. The van der Waals surface area contributed by atoms with Gasteiger partial charge in [-0.1, -0.05) is 64.5 Å². The summed E-state index contributed by atoms with van der Waals surface area (Å²) >= 11 is 0. The number of aliphatic hydroxyl groups is 1. The number of rotatable bonds is 15. The Kier molecular flexibility index (Phi) is 11.1. The molecule has 248 valence electrons. The lowest BCUT2D eigenvalue weighted by atomic mass is 9.52. The van der Waals surface area contributed by atoms with Crippen molar-refractivity contribution in [3.63, 3.8) is 0 Å². The second-order valence-corrected chi connectivity index (χ2v) is 14.1. The predicted octanol–water partition coefficient (Wildman–Crippen LogP) is 9.58. The Labute approximate surface area is 258 Å². The lowest BCUT2D eigenvalue weighted by Crippen LogP contribution is -2.44. The first kappa shape index (κ1) is 34.7. The van der Waals surface area contributed by atoms with Crippen molar-refractivity contribution < 1.29 is 42.1 Å². The molecular formula is C35H49F5O4. The van der Waals surface area contributed by atoms with Crippen LogP contribution < -0.4 is 0 Å². The Hall–Kier alpha value is -2.16. The van der Waals surface area contributed by atoms with E-state index >= 15 is 0 Å². The van der Waals surface area contributed by atoms with E-state index in [0.717, 1.165) is 76.2 Å². The molecule has 0 radical (unpaired) electrons. The molecule has 3 aliphatic rings. The van der Waals surface area contributed by atoms with Crippen molar-refractivity contribution in [3.05, 3.63) is 41.5 Å². The molecule has 7 atom stereocenters. The summed E-state index contributed by atoms with van der Waals surface area (Å²) < 4.78 is 63.3. The van der Waals surface area contributed by atoms with Gasteiger partial charge in [0.15, 0.2) is 0 Å². The molecule has 0 bridgehead atoms. The fourth-order valence-corrected chi connectivity index (χ4v) is 8.77. The Morgan fingerprint density at radius 3 is 2.32 bits per heavy atom. The monoisotopic (exact) mass is 628 g/mol. The van der Waals surface area contributed by atoms with Crippen LogP contribution in [0.15, 0.2) is 30.4 Å². The van der Waals surface area contributed by atoms with Gasteiger partial charge < -0.3 is 15.3 Å². The number of carbonyl (C=O) groups is 1. The fourth-order valence-electron chi connectivity index (χ4n) is 8.77. The van der Waals surface area contributed by atoms with Crippen LogP contribution in [-0.4, -0.2) is 39.5 Å². The maximum Gasteiger partial charge on any atom is 0.453 e. The van der Waals surface area contributed by atoms with Crippen LogP contribution in [-0.2, 0) is 11.2 Å². The Balaban J connectivity index is 1.19. The molecule has 1 aromatic rings. The number of aromatic hydroxyl groups is 1. The summed E-state index contributed by atoms with van der Waals surface area (Å²) in [6.07, 6.45) is 3.73. The molecule has 4 nitrogen and oxygen atoms in total.